The van der Waals surface area contributed by atoms with Crippen molar-refractivity contribution in [2.45, 2.75) is 85.1 Å². The van der Waals surface area contributed by atoms with Gasteiger partial charge in [-0.1, -0.05) is 104 Å². The minimum absolute atomic E-state index is 0.0853. The Bertz CT molecular complexity index is 1460. The van der Waals surface area contributed by atoms with Crippen molar-refractivity contribution in [3.63, 3.8) is 0 Å². The predicted octanol–water partition coefficient (Wildman–Crippen LogP) is 9.10. The largest absolute Gasteiger partial charge is 0.494 e. The fourth-order valence-electron chi connectivity index (χ4n) is 4.44. The Hall–Kier alpha value is -4.04. The van der Waals surface area contributed by atoms with Gasteiger partial charge in [-0.2, -0.15) is 0 Å². The average Bonchev–Trinajstić information content (AvgIpc) is 3.55. The zero-order valence-corrected chi connectivity index (χ0v) is 27.5. The van der Waals surface area contributed by atoms with Gasteiger partial charge < -0.3 is 15.2 Å². The monoisotopic (exact) mass is 615 g/mol. The second-order valence-electron chi connectivity index (χ2n) is 11.4. The minimum Gasteiger partial charge on any atom is -0.494 e. The first-order valence-electron chi connectivity index (χ1n) is 15.5. The van der Waals surface area contributed by atoms with Crippen molar-refractivity contribution in [1.82, 2.24) is 15.3 Å². The first-order chi connectivity index (χ1) is 21.2. The van der Waals surface area contributed by atoms with Crippen LogP contribution in [-0.2, 0) is 10.2 Å². The van der Waals surface area contributed by atoms with E-state index in [1.807, 2.05) is 44.2 Å². The molecule has 2 heterocycles. The number of amides is 1. The van der Waals surface area contributed by atoms with E-state index in [1.165, 1.54) is 37.0 Å². The molecule has 0 aliphatic heterocycles. The SMILES string of the molecule is CC.CCCCCCCOc1ccc(-c2cnc(-c3ccc(C(NC(=O)c4ccc(C(C)(C)C)s4)C(=O)O)cc3)nc2)cc1. The first kappa shape index (κ1) is 34.5. The summed E-state index contributed by atoms with van der Waals surface area (Å²) in [5.41, 5.74) is 3.01. The number of aliphatic carboxylic acids is 1. The molecule has 0 bridgehead atoms. The van der Waals surface area contributed by atoms with E-state index >= 15 is 0 Å². The molecule has 44 heavy (non-hydrogen) atoms. The van der Waals surface area contributed by atoms with E-state index in [0.29, 0.717) is 16.3 Å². The smallest absolute Gasteiger partial charge is 0.330 e. The zero-order chi connectivity index (χ0) is 32.1. The number of hydrogen-bond acceptors (Lipinski definition) is 6. The summed E-state index contributed by atoms with van der Waals surface area (Å²) in [6, 6.07) is 17.3. The van der Waals surface area contributed by atoms with E-state index in [1.54, 1.807) is 42.7 Å². The first-order valence-corrected chi connectivity index (χ1v) is 16.3. The third-order valence-corrected chi connectivity index (χ3v) is 8.46. The van der Waals surface area contributed by atoms with Crippen LogP contribution in [0.4, 0.5) is 0 Å². The molecule has 1 atom stereocenters. The summed E-state index contributed by atoms with van der Waals surface area (Å²) in [4.78, 5) is 35.5. The van der Waals surface area contributed by atoms with Crippen LogP contribution in [0.5, 0.6) is 5.75 Å². The number of aromatic nitrogens is 2. The molecule has 0 fully saturated rings. The second kappa shape index (κ2) is 16.7. The molecule has 0 spiro atoms. The number of benzene rings is 2. The molecule has 2 N–H and O–H groups in total. The third kappa shape index (κ3) is 9.74. The molecule has 0 aliphatic carbocycles. The minimum atomic E-state index is -1.18. The lowest BCUT2D eigenvalue weighted by atomic mass is 9.95. The van der Waals surface area contributed by atoms with Gasteiger partial charge in [-0.05, 0) is 47.2 Å². The van der Waals surface area contributed by atoms with Gasteiger partial charge >= 0.3 is 5.97 Å². The second-order valence-corrected chi connectivity index (χ2v) is 12.4. The van der Waals surface area contributed by atoms with Gasteiger partial charge in [0, 0.05) is 28.4 Å². The molecule has 2 aromatic carbocycles. The number of rotatable bonds is 13. The molecule has 1 amide bonds. The van der Waals surface area contributed by atoms with Gasteiger partial charge in [-0.3, -0.25) is 4.79 Å². The number of nitrogens with zero attached hydrogens (tertiary/aromatic N) is 2. The van der Waals surface area contributed by atoms with Crippen LogP contribution >= 0.6 is 11.3 Å². The molecule has 4 aromatic rings. The van der Waals surface area contributed by atoms with Crippen molar-refractivity contribution in [3.05, 3.63) is 88.4 Å². The van der Waals surface area contributed by atoms with Crippen LogP contribution in [0.1, 0.15) is 99.8 Å². The van der Waals surface area contributed by atoms with E-state index in [-0.39, 0.29) is 5.41 Å². The maximum Gasteiger partial charge on any atom is 0.330 e. The lowest BCUT2D eigenvalue weighted by Crippen LogP contribution is -2.33. The van der Waals surface area contributed by atoms with Crippen LogP contribution in [0, 0.1) is 0 Å². The van der Waals surface area contributed by atoms with Crippen LogP contribution in [0.25, 0.3) is 22.5 Å². The standard InChI is InChI=1S/C34H39N3O4S.C2H6/c1-5-6-7-8-9-20-41-27-16-14-23(15-17-27)26-21-35-31(36-22-26)25-12-10-24(11-13-25)30(33(39)40)37-32(38)28-18-19-29(42-28)34(2,3)4;1-2/h10-19,21-22,30H,5-9,20H2,1-4H3,(H,37,38)(H,39,40);1-2H3. The zero-order valence-electron chi connectivity index (χ0n) is 26.7. The summed E-state index contributed by atoms with van der Waals surface area (Å²) in [6.07, 6.45) is 9.58. The highest BCUT2D eigenvalue weighted by molar-refractivity contribution is 7.14. The summed E-state index contributed by atoms with van der Waals surface area (Å²) in [7, 11) is 0. The summed E-state index contributed by atoms with van der Waals surface area (Å²) >= 11 is 1.37. The number of carboxylic acid groups (broad SMARTS) is 1. The third-order valence-electron chi connectivity index (χ3n) is 6.95. The number of ether oxygens (including phenoxy) is 1. The lowest BCUT2D eigenvalue weighted by Gasteiger charge is -2.16. The topological polar surface area (TPSA) is 101 Å². The number of hydrogen-bond donors (Lipinski definition) is 2. The van der Waals surface area contributed by atoms with Crippen LogP contribution in [0.3, 0.4) is 0 Å². The molecule has 7 nitrogen and oxygen atoms in total. The number of carbonyl (C=O) groups is 2. The van der Waals surface area contributed by atoms with E-state index in [2.05, 4.69) is 43.0 Å². The fourth-order valence-corrected chi connectivity index (χ4v) is 5.41. The molecule has 4 rings (SSSR count). The maximum absolute atomic E-state index is 12.8. The Morgan fingerprint density at radius 3 is 2.02 bits per heavy atom. The number of carboxylic acids is 1. The number of nitrogens with one attached hydrogen (secondary N) is 1. The molecule has 1 unspecified atom stereocenters. The summed E-state index contributed by atoms with van der Waals surface area (Å²) in [6.45, 7) is 13.2. The fraction of sp³-hybridized carbons (Fsp3) is 0.389. The van der Waals surface area contributed by atoms with Crippen molar-refractivity contribution in [2.24, 2.45) is 0 Å². The highest BCUT2D eigenvalue weighted by Gasteiger charge is 2.25. The Labute approximate surface area is 265 Å². The average molecular weight is 616 g/mol. The van der Waals surface area contributed by atoms with Crippen LogP contribution in [0.15, 0.2) is 73.1 Å². The van der Waals surface area contributed by atoms with Gasteiger partial charge in [-0.15, -0.1) is 11.3 Å². The van der Waals surface area contributed by atoms with Gasteiger partial charge in [-0.25, -0.2) is 14.8 Å². The summed E-state index contributed by atoms with van der Waals surface area (Å²) in [5.74, 6) is -0.161. The van der Waals surface area contributed by atoms with Gasteiger partial charge in [0.1, 0.15) is 5.75 Å². The summed E-state index contributed by atoms with van der Waals surface area (Å²) < 4.78 is 5.86. The molecule has 234 valence electrons. The number of carbonyl (C=O) groups excluding carboxylic acids is 1. The van der Waals surface area contributed by atoms with Crippen molar-refractivity contribution >= 4 is 23.2 Å². The molecule has 8 heteroatoms. The van der Waals surface area contributed by atoms with Gasteiger partial charge in [0.2, 0.25) is 0 Å². The van der Waals surface area contributed by atoms with E-state index < -0.39 is 17.9 Å². The van der Waals surface area contributed by atoms with Crippen LogP contribution in [-0.4, -0.2) is 33.6 Å². The Kier molecular flexibility index (Phi) is 13.1. The molecule has 0 saturated heterocycles. The van der Waals surface area contributed by atoms with Gasteiger partial charge in [0.05, 0.1) is 11.5 Å². The van der Waals surface area contributed by atoms with Crippen LogP contribution in [0.2, 0.25) is 0 Å². The molecule has 2 aromatic heterocycles. The normalized spacial score (nSPS) is 11.7. The molecular weight excluding hydrogens is 570 g/mol. The van der Waals surface area contributed by atoms with Crippen molar-refractivity contribution < 1.29 is 19.4 Å². The summed E-state index contributed by atoms with van der Waals surface area (Å²) in [5, 5.41) is 12.5. The maximum atomic E-state index is 12.8. The molecular formula is C36H45N3O4S. The quantitative estimate of drug-likeness (QED) is 0.146. The van der Waals surface area contributed by atoms with Gasteiger partial charge in [0.25, 0.3) is 5.91 Å². The number of unbranched alkanes of at least 4 members (excludes halogenated alkanes) is 4. The predicted molar refractivity (Wildman–Crippen MR) is 179 cm³/mol. The Morgan fingerprint density at radius 1 is 0.841 bits per heavy atom. The Morgan fingerprint density at radius 2 is 1.45 bits per heavy atom. The van der Waals surface area contributed by atoms with Gasteiger partial charge in [0.15, 0.2) is 11.9 Å². The highest BCUT2D eigenvalue weighted by Crippen LogP contribution is 2.30. The number of thiophene rings is 1. The Balaban J connectivity index is 0.00000259. The van der Waals surface area contributed by atoms with Crippen molar-refractivity contribution in [1.29, 1.82) is 0 Å². The molecule has 0 aliphatic rings. The van der Waals surface area contributed by atoms with Crippen molar-refractivity contribution in [3.8, 4) is 28.3 Å². The lowest BCUT2D eigenvalue weighted by molar-refractivity contribution is -0.139. The van der Waals surface area contributed by atoms with E-state index in [9.17, 15) is 14.7 Å². The van der Waals surface area contributed by atoms with E-state index in [4.69, 9.17) is 4.74 Å². The van der Waals surface area contributed by atoms with Crippen molar-refractivity contribution in [2.75, 3.05) is 6.61 Å². The van der Waals surface area contributed by atoms with E-state index in [0.717, 1.165) is 40.3 Å². The molecule has 0 saturated carbocycles. The molecule has 0 radical (unpaired) electrons. The highest BCUT2D eigenvalue weighted by atomic mass is 32.1. The van der Waals surface area contributed by atoms with Crippen LogP contribution < -0.4 is 10.1 Å².